The summed E-state index contributed by atoms with van der Waals surface area (Å²) < 4.78 is 0. The number of nitrogens with one attached hydrogen (secondary N) is 1. The van der Waals surface area contributed by atoms with Crippen molar-refractivity contribution in [2.24, 2.45) is 0 Å². The van der Waals surface area contributed by atoms with E-state index in [2.05, 4.69) is 77.4 Å². The second-order valence-corrected chi connectivity index (χ2v) is 10.4. The molecule has 5 aromatic rings. The first-order valence-corrected chi connectivity index (χ1v) is 13.7. The minimum Gasteiger partial charge on any atom is -0.656 e. The number of hydrogen-bond acceptors (Lipinski definition) is 5. The summed E-state index contributed by atoms with van der Waals surface area (Å²) in [6.07, 6.45) is 11.7. The summed E-state index contributed by atoms with van der Waals surface area (Å²) in [5.74, 6) is 0. The first kappa shape index (κ1) is 30.9. The van der Waals surface area contributed by atoms with Gasteiger partial charge in [-0.2, -0.15) is 13.3 Å². The van der Waals surface area contributed by atoms with E-state index in [0.717, 1.165) is 22.4 Å². The third-order valence-electron chi connectivity index (χ3n) is 6.91. The average molecular weight is 736 g/mol. The van der Waals surface area contributed by atoms with Gasteiger partial charge < -0.3 is 25.0 Å². The van der Waals surface area contributed by atoms with Crippen LogP contribution in [-0.2, 0) is 21.1 Å². The molecule has 1 N–H and O–H groups in total. The number of aryl methyl sites for hydroxylation is 3. The van der Waals surface area contributed by atoms with E-state index in [-0.39, 0.29) is 21.1 Å². The van der Waals surface area contributed by atoms with E-state index >= 15 is 0 Å². The molecule has 2 aromatic heterocycles. The van der Waals surface area contributed by atoms with Gasteiger partial charge in [0.05, 0.1) is 0 Å². The molecule has 3 aromatic carbocycles. The first-order valence-electron chi connectivity index (χ1n) is 13.7. The second-order valence-electron chi connectivity index (χ2n) is 10.4. The van der Waals surface area contributed by atoms with Crippen LogP contribution < -0.4 is 15.2 Å². The molecule has 3 heterocycles. The summed E-state index contributed by atoms with van der Waals surface area (Å²) in [5, 5.41) is 5.77. The van der Waals surface area contributed by atoms with Gasteiger partial charge in [0.15, 0.2) is 0 Å². The third-order valence-corrected chi connectivity index (χ3v) is 6.91. The zero-order chi connectivity index (χ0) is 28.9. The summed E-state index contributed by atoms with van der Waals surface area (Å²) >= 11 is 0. The van der Waals surface area contributed by atoms with Crippen LogP contribution in [0.1, 0.15) is 23.6 Å². The number of anilines is 2. The summed E-state index contributed by atoms with van der Waals surface area (Å²) in [4.78, 5) is 14.6. The smallest absolute Gasteiger partial charge is 0.656 e. The molecule has 0 saturated heterocycles. The second kappa shape index (κ2) is 13.8. The molecular formula is C35H36N6Pt. The molecule has 0 amide bonds. The van der Waals surface area contributed by atoms with Gasteiger partial charge in [0.1, 0.15) is 0 Å². The van der Waals surface area contributed by atoms with E-state index < -0.39 is 0 Å². The van der Waals surface area contributed by atoms with Gasteiger partial charge in [-0.15, -0.1) is 46.2 Å². The van der Waals surface area contributed by atoms with Gasteiger partial charge in [-0.1, -0.05) is 48.0 Å². The van der Waals surface area contributed by atoms with Crippen molar-refractivity contribution in [2.75, 3.05) is 24.3 Å². The Hall–Kier alpha value is -4.02. The molecule has 0 aliphatic carbocycles. The van der Waals surface area contributed by atoms with Crippen molar-refractivity contribution in [3.8, 4) is 11.1 Å². The van der Waals surface area contributed by atoms with Gasteiger partial charge in [0.2, 0.25) is 0 Å². The summed E-state index contributed by atoms with van der Waals surface area (Å²) in [6, 6.07) is 22.5. The Balaban J connectivity index is 0.000000239. The van der Waals surface area contributed by atoms with E-state index in [1.54, 1.807) is 12.4 Å². The van der Waals surface area contributed by atoms with Gasteiger partial charge in [0, 0.05) is 12.4 Å². The number of benzene rings is 3. The van der Waals surface area contributed by atoms with Crippen molar-refractivity contribution >= 4 is 33.2 Å². The number of nitrogens with zero attached hydrogens (tertiary/aromatic N) is 5. The molecule has 42 heavy (non-hydrogen) atoms. The minimum absolute atomic E-state index is 0. The minimum atomic E-state index is 0. The van der Waals surface area contributed by atoms with Crippen LogP contribution in [0.5, 0.6) is 0 Å². The first-order chi connectivity index (χ1) is 19.8. The fourth-order valence-corrected chi connectivity index (χ4v) is 5.22. The van der Waals surface area contributed by atoms with Crippen LogP contribution in [0.4, 0.5) is 11.4 Å². The zero-order valence-electron chi connectivity index (χ0n) is 24.9. The van der Waals surface area contributed by atoms with Crippen LogP contribution in [0.25, 0.3) is 32.9 Å². The van der Waals surface area contributed by atoms with Gasteiger partial charge >= 0.3 is 21.1 Å². The SMILES string of the molecule is C/C=C\N(C)[CH-]Nc1[c-]c(N2C=CN(C)[CH-]2)cc(-c2c(C)cc(C)cc2C)c1.[Pt+4].c1ccc2c(c1)[n-]c1cnccc12. The van der Waals surface area contributed by atoms with E-state index in [9.17, 15) is 0 Å². The maximum atomic E-state index is 4.45. The largest absolute Gasteiger partial charge is 4.00 e. The molecule has 0 atom stereocenters. The molecule has 0 radical (unpaired) electrons. The molecule has 6 rings (SSSR count). The van der Waals surface area contributed by atoms with Crippen LogP contribution >= 0.6 is 0 Å². The van der Waals surface area contributed by atoms with Gasteiger partial charge in [0.25, 0.3) is 0 Å². The maximum Gasteiger partial charge on any atom is 4.00 e. The molecule has 1 aliphatic heterocycles. The number of allylic oxidation sites excluding steroid dienone is 1. The van der Waals surface area contributed by atoms with Gasteiger partial charge in [-0.05, 0) is 93.9 Å². The van der Waals surface area contributed by atoms with Gasteiger partial charge in [-0.3, -0.25) is 4.98 Å². The fraction of sp³-hybridized carbons (Fsp3) is 0.171. The third kappa shape index (κ3) is 7.06. The van der Waals surface area contributed by atoms with E-state index in [1.807, 2.05) is 93.1 Å². The average Bonchev–Trinajstić information content (AvgIpc) is 3.55. The van der Waals surface area contributed by atoms with E-state index in [4.69, 9.17) is 0 Å². The molecule has 0 bridgehead atoms. The Kier molecular flexibility index (Phi) is 10.1. The van der Waals surface area contributed by atoms with Crippen molar-refractivity contribution in [1.82, 2.24) is 19.8 Å². The number of pyridine rings is 1. The van der Waals surface area contributed by atoms with Crippen molar-refractivity contribution in [3.05, 3.63) is 128 Å². The molecular weight excluding hydrogens is 700 g/mol. The number of hydrogen-bond donors (Lipinski definition) is 1. The monoisotopic (exact) mass is 735 g/mol. The number of rotatable bonds is 6. The normalized spacial score (nSPS) is 12.5. The van der Waals surface area contributed by atoms with E-state index in [1.165, 1.54) is 38.6 Å². The number of fused-ring (bicyclic) bond motifs is 3. The summed E-state index contributed by atoms with van der Waals surface area (Å²) in [7, 11) is 4.02. The summed E-state index contributed by atoms with van der Waals surface area (Å²) in [6.45, 7) is 12.5. The topological polar surface area (TPSA) is 48.7 Å². The quantitative estimate of drug-likeness (QED) is 0.180. The Morgan fingerprint density at radius 3 is 2.45 bits per heavy atom. The zero-order valence-corrected chi connectivity index (χ0v) is 27.1. The Morgan fingerprint density at radius 2 is 1.74 bits per heavy atom. The van der Waals surface area contributed by atoms with Crippen LogP contribution in [-0.4, -0.2) is 28.9 Å². The van der Waals surface area contributed by atoms with Crippen LogP contribution in [0.3, 0.4) is 0 Å². The number of aromatic nitrogens is 2. The molecule has 7 heteroatoms. The molecule has 0 fully saturated rings. The molecule has 0 unspecified atom stereocenters. The summed E-state index contributed by atoms with van der Waals surface area (Å²) in [5.41, 5.74) is 10.3. The molecule has 1 aliphatic rings. The predicted octanol–water partition coefficient (Wildman–Crippen LogP) is 7.76. The molecule has 6 nitrogen and oxygen atoms in total. The molecule has 216 valence electrons. The van der Waals surface area contributed by atoms with Gasteiger partial charge in [-0.25, -0.2) is 0 Å². The predicted molar refractivity (Wildman–Crippen MR) is 172 cm³/mol. The molecule has 0 saturated carbocycles. The van der Waals surface area contributed by atoms with Crippen molar-refractivity contribution in [1.29, 1.82) is 0 Å². The van der Waals surface area contributed by atoms with E-state index in [0.29, 0.717) is 0 Å². The van der Waals surface area contributed by atoms with Crippen molar-refractivity contribution < 1.29 is 21.1 Å². The Morgan fingerprint density at radius 1 is 1.00 bits per heavy atom. The molecule has 0 spiro atoms. The number of para-hydroxylation sites is 1. The van der Waals surface area contributed by atoms with Crippen molar-refractivity contribution in [3.63, 3.8) is 0 Å². The maximum absolute atomic E-state index is 4.45. The van der Waals surface area contributed by atoms with Crippen LogP contribution in [0.15, 0.2) is 91.7 Å². The van der Waals surface area contributed by atoms with Crippen LogP contribution in [0, 0.1) is 40.2 Å². The Labute approximate surface area is 264 Å². The standard InChI is InChI=1S/C24H29N4.C11H7N2.Pt/c1-7-8-26(5)16-25-22-13-21(24-19(3)11-18(2)12-20(24)4)14-23(15-22)28-10-9-27(6)17-28;1-2-4-10-8(3-1)9-5-6-12-7-11(9)13-10;/h7-14,16-17,25H,1-6H3;1-7H;/q-3;-1;+4/b8-7-;;. The Bertz CT molecular complexity index is 1650. The van der Waals surface area contributed by atoms with Crippen LogP contribution in [0.2, 0.25) is 0 Å². The fourth-order valence-electron chi connectivity index (χ4n) is 5.22. The van der Waals surface area contributed by atoms with Crippen molar-refractivity contribution in [2.45, 2.75) is 27.7 Å².